The first-order valence-electron chi connectivity index (χ1n) is 7.78. The third kappa shape index (κ3) is 3.30. The molecule has 1 N–H and O–H groups in total. The highest BCUT2D eigenvalue weighted by molar-refractivity contribution is 5.44. The second kappa shape index (κ2) is 6.55. The molecule has 0 spiro atoms. The number of anilines is 1. The van der Waals surface area contributed by atoms with Crippen molar-refractivity contribution in [2.75, 3.05) is 44.6 Å². The van der Waals surface area contributed by atoms with Gasteiger partial charge >= 0.3 is 0 Å². The van der Waals surface area contributed by atoms with Crippen LogP contribution in [0.1, 0.15) is 19.3 Å². The van der Waals surface area contributed by atoms with Crippen molar-refractivity contribution in [3.8, 4) is 0 Å². The molecule has 1 aromatic rings. The summed E-state index contributed by atoms with van der Waals surface area (Å²) in [6.45, 7) is 6.74. The fourth-order valence-electron chi connectivity index (χ4n) is 3.37. The Morgan fingerprint density at radius 3 is 2.75 bits per heavy atom. The molecule has 20 heavy (non-hydrogen) atoms. The number of para-hydroxylation sites is 1. The number of halogens is 1. The van der Waals surface area contributed by atoms with Crippen LogP contribution < -0.4 is 5.32 Å². The zero-order chi connectivity index (χ0) is 13.8. The third-order valence-corrected chi connectivity index (χ3v) is 4.52. The first kappa shape index (κ1) is 13.8. The summed E-state index contributed by atoms with van der Waals surface area (Å²) in [7, 11) is 0. The van der Waals surface area contributed by atoms with Gasteiger partial charge in [0.15, 0.2) is 0 Å². The van der Waals surface area contributed by atoms with Crippen LogP contribution in [0.15, 0.2) is 24.3 Å². The molecule has 4 heteroatoms. The fourth-order valence-corrected chi connectivity index (χ4v) is 3.37. The van der Waals surface area contributed by atoms with Crippen LogP contribution in [0.25, 0.3) is 0 Å². The van der Waals surface area contributed by atoms with Gasteiger partial charge in [0.25, 0.3) is 0 Å². The van der Waals surface area contributed by atoms with Crippen molar-refractivity contribution in [1.29, 1.82) is 0 Å². The van der Waals surface area contributed by atoms with Gasteiger partial charge in [0, 0.05) is 25.7 Å². The minimum Gasteiger partial charge on any atom is -0.381 e. The van der Waals surface area contributed by atoms with E-state index >= 15 is 0 Å². The first-order valence-corrected chi connectivity index (χ1v) is 7.78. The number of hydrogen-bond donors (Lipinski definition) is 1. The van der Waals surface area contributed by atoms with Crippen molar-refractivity contribution in [3.63, 3.8) is 0 Å². The number of hydrogen-bond acceptors (Lipinski definition) is 3. The van der Waals surface area contributed by atoms with E-state index < -0.39 is 0 Å². The SMILES string of the molecule is Fc1ccccc1NCCN1CCC(N2CCCC2)C1. The van der Waals surface area contributed by atoms with Crippen LogP contribution in [0.3, 0.4) is 0 Å². The lowest BCUT2D eigenvalue weighted by atomic mass is 10.2. The second-order valence-electron chi connectivity index (χ2n) is 5.89. The molecule has 0 saturated carbocycles. The summed E-state index contributed by atoms with van der Waals surface area (Å²) in [6, 6.07) is 7.64. The van der Waals surface area contributed by atoms with E-state index in [1.807, 2.05) is 6.07 Å². The van der Waals surface area contributed by atoms with Gasteiger partial charge in [-0.25, -0.2) is 4.39 Å². The van der Waals surface area contributed by atoms with Crippen LogP contribution in [-0.2, 0) is 0 Å². The highest BCUT2D eigenvalue weighted by Crippen LogP contribution is 2.20. The molecule has 2 aliphatic rings. The molecule has 0 bridgehead atoms. The van der Waals surface area contributed by atoms with E-state index in [-0.39, 0.29) is 5.82 Å². The largest absolute Gasteiger partial charge is 0.381 e. The Balaban J connectivity index is 1.40. The molecule has 2 aliphatic heterocycles. The van der Waals surface area contributed by atoms with Gasteiger partial charge in [0.1, 0.15) is 5.82 Å². The van der Waals surface area contributed by atoms with Gasteiger partial charge < -0.3 is 5.32 Å². The standard InChI is InChI=1S/C16H24FN3/c17-15-5-1-2-6-16(15)18-8-12-19-11-7-14(13-19)20-9-3-4-10-20/h1-2,5-6,14,18H,3-4,7-13H2. The average Bonchev–Trinajstić information content (AvgIpc) is 3.11. The molecule has 1 unspecified atom stereocenters. The smallest absolute Gasteiger partial charge is 0.146 e. The lowest BCUT2D eigenvalue weighted by molar-refractivity contribution is 0.234. The molecule has 0 amide bonds. The molecule has 1 atom stereocenters. The Labute approximate surface area is 120 Å². The van der Waals surface area contributed by atoms with Gasteiger partial charge in [-0.1, -0.05) is 12.1 Å². The molecular formula is C16H24FN3. The normalized spacial score (nSPS) is 24.4. The van der Waals surface area contributed by atoms with E-state index in [1.54, 1.807) is 12.1 Å². The average molecular weight is 277 g/mol. The zero-order valence-electron chi connectivity index (χ0n) is 12.0. The van der Waals surface area contributed by atoms with E-state index in [1.165, 1.54) is 51.5 Å². The highest BCUT2D eigenvalue weighted by Gasteiger charge is 2.28. The summed E-state index contributed by atoms with van der Waals surface area (Å²) >= 11 is 0. The second-order valence-corrected chi connectivity index (χ2v) is 5.89. The Hall–Kier alpha value is -1.13. The van der Waals surface area contributed by atoms with Crippen molar-refractivity contribution in [2.45, 2.75) is 25.3 Å². The summed E-state index contributed by atoms with van der Waals surface area (Å²) in [6.07, 6.45) is 4.02. The van der Waals surface area contributed by atoms with E-state index in [2.05, 4.69) is 15.1 Å². The number of nitrogens with zero attached hydrogens (tertiary/aromatic N) is 2. The molecule has 0 radical (unpaired) electrons. The molecule has 110 valence electrons. The van der Waals surface area contributed by atoms with E-state index in [0.29, 0.717) is 5.69 Å². The topological polar surface area (TPSA) is 18.5 Å². The first-order chi connectivity index (χ1) is 9.83. The minimum absolute atomic E-state index is 0.163. The van der Waals surface area contributed by atoms with E-state index in [0.717, 1.165) is 19.1 Å². The molecule has 0 aromatic heterocycles. The van der Waals surface area contributed by atoms with Crippen molar-refractivity contribution in [2.24, 2.45) is 0 Å². The summed E-state index contributed by atoms with van der Waals surface area (Å²) in [5.41, 5.74) is 0.614. The molecule has 3 rings (SSSR count). The van der Waals surface area contributed by atoms with E-state index in [9.17, 15) is 4.39 Å². The van der Waals surface area contributed by atoms with Crippen molar-refractivity contribution in [1.82, 2.24) is 9.80 Å². The summed E-state index contributed by atoms with van der Waals surface area (Å²) < 4.78 is 13.5. The Bertz CT molecular complexity index is 431. The van der Waals surface area contributed by atoms with Crippen LogP contribution in [0.5, 0.6) is 0 Å². The van der Waals surface area contributed by atoms with Gasteiger partial charge in [-0.2, -0.15) is 0 Å². The molecule has 2 heterocycles. The van der Waals surface area contributed by atoms with Gasteiger partial charge in [-0.3, -0.25) is 9.80 Å². The number of nitrogens with one attached hydrogen (secondary N) is 1. The zero-order valence-corrected chi connectivity index (χ0v) is 12.0. The van der Waals surface area contributed by atoms with Crippen LogP contribution in [-0.4, -0.2) is 55.1 Å². The van der Waals surface area contributed by atoms with Gasteiger partial charge in [0.2, 0.25) is 0 Å². The maximum Gasteiger partial charge on any atom is 0.146 e. The third-order valence-electron chi connectivity index (χ3n) is 4.52. The molecular weight excluding hydrogens is 253 g/mol. The molecule has 1 aromatic carbocycles. The fraction of sp³-hybridized carbons (Fsp3) is 0.625. The number of benzene rings is 1. The monoisotopic (exact) mass is 277 g/mol. The lowest BCUT2D eigenvalue weighted by Gasteiger charge is -2.23. The predicted octanol–water partition coefficient (Wildman–Crippen LogP) is 2.41. The highest BCUT2D eigenvalue weighted by atomic mass is 19.1. The number of likely N-dealkylation sites (tertiary alicyclic amines) is 2. The summed E-state index contributed by atoms with van der Waals surface area (Å²) in [5.74, 6) is -0.163. The van der Waals surface area contributed by atoms with Gasteiger partial charge in [0.05, 0.1) is 5.69 Å². The van der Waals surface area contributed by atoms with E-state index in [4.69, 9.17) is 0 Å². The molecule has 2 saturated heterocycles. The lowest BCUT2D eigenvalue weighted by Crippen LogP contribution is -2.36. The van der Waals surface area contributed by atoms with Crippen LogP contribution in [0.4, 0.5) is 10.1 Å². The van der Waals surface area contributed by atoms with Crippen molar-refractivity contribution in [3.05, 3.63) is 30.1 Å². The van der Waals surface area contributed by atoms with Crippen LogP contribution in [0.2, 0.25) is 0 Å². The summed E-state index contributed by atoms with van der Waals surface area (Å²) in [4.78, 5) is 5.14. The van der Waals surface area contributed by atoms with Gasteiger partial charge in [-0.05, 0) is 51.0 Å². The Morgan fingerprint density at radius 1 is 1.15 bits per heavy atom. The Morgan fingerprint density at radius 2 is 1.95 bits per heavy atom. The molecule has 3 nitrogen and oxygen atoms in total. The summed E-state index contributed by atoms with van der Waals surface area (Å²) in [5, 5.41) is 3.19. The Kier molecular flexibility index (Phi) is 4.53. The van der Waals surface area contributed by atoms with Gasteiger partial charge in [-0.15, -0.1) is 0 Å². The maximum atomic E-state index is 13.5. The minimum atomic E-state index is -0.163. The van der Waals surface area contributed by atoms with Crippen molar-refractivity contribution >= 4 is 5.69 Å². The molecule has 2 fully saturated rings. The predicted molar refractivity (Wildman–Crippen MR) is 80.5 cm³/mol. The number of rotatable bonds is 5. The van der Waals surface area contributed by atoms with Crippen molar-refractivity contribution < 1.29 is 4.39 Å². The van der Waals surface area contributed by atoms with Crippen LogP contribution in [0, 0.1) is 5.82 Å². The quantitative estimate of drug-likeness (QED) is 0.891. The maximum absolute atomic E-state index is 13.5. The molecule has 0 aliphatic carbocycles. The van der Waals surface area contributed by atoms with Crippen LogP contribution >= 0.6 is 0 Å².